The molecule has 7 nitrogen and oxygen atoms in total. The minimum absolute atomic E-state index is 0.0223. The van der Waals surface area contributed by atoms with E-state index in [1.807, 2.05) is 11.6 Å². The van der Waals surface area contributed by atoms with Crippen molar-refractivity contribution in [3.05, 3.63) is 28.8 Å². The molecule has 3 fully saturated rings. The largest absolute Gasteiger partial charge is 0.366 e. The molecule has 1 amide bonds. The van der Waals surface area contributed by atoms with E-state index in [0.717, 1.165) is 50.3 Å². The number of halogens is 1. The third-order valence-corrected chi connectivity index (χ3v) is 6.86. The number of amides is 1. The summed E-state index contributed by atoms with van der Waals surface area (Å²) < 4.78 is 8.59. The zero-order chi connectivity index (χ0) is 19.5. The van der Waals surface area contributed by atoms with Crippen LogP contribution in [0.25, 0.3) is 11.4 Å². The van der Waals surface area contributed by atoms with Crippen molar-refractivity contribution >= 4 is 23.5 Å². The molecular formula is C20H24ClN5O2. The second-order valence-electron chi connectivity index (χ2n) is 8.47. The Morgan fingerprint density at radius 2 is 1.79 bits per heavy atom. The van der Waals surface area contributed by atoms with Crippen LogP contribution in [0, 0.1) is 0 Å². The highest BCUT2D eigenvalue weighted by molar-refractivity contribution is 6.33. The summed E-state index contributed by atoms with van der Waals surface area (Å²) in [6.07, 6.45) is 6.95. The molecule has 8 heteroatoms. The average Bonchev–Trinajstić information content (AvgIpc) is 3.00. The Morgan fingerprint density at radius 3 is 2.29 bits per heavy atom. The maximum atomic E-state index is 11.4. The minimum atomic E-state index is -0.503. The third-order valence-electron chi connectivity index (χ3n) is 6.55. The van der Waals surface area contributed by atoms with E-state index in [9.17, 15) is 4.79 Å². The van der Waals surface area contributed by atoms with Gasteiger partial charge in [-0.1, -0.05) is 11.6 Å². The van der Waals surface area contributed by atoms with Gasteiger partial charge in [0.2, 0.25) is 11.9 Å². The molecule has 1 aromatic heterocycles. The molecule has 148 valence electrons. The summed E-state index contributed by atoms with van der Waals surface area (Å²) in [5, 5.41) is 9.34. The number of morpholine rings is 1. The van der Waals surface area contributed by atoms with Crippen molar-refractivity contribution in [1.82, 2.24) is 14.8 Å². The van der Waals surface area contributed by atoms with Crippen LogP contribution in [-0.4, -0.2) is 45.0 Å². The smallest absolute Gasteiger partial charge is 0.248 e. The van der Waals surface area contributed by atoms with Gasteiger partial charge in [-0.3, -0.25) is 9.36 Å². The summed E-state index contributed by atoms with van der Waals surface area (Å²) in [7, 11) is 1.96. The molecule has 3 aliphatic rings. The first-order chi connectivity index (χ1) is 13.4. The highest BCUT2D eigenvalue weighted by Crippen LogP contribution is 2.50. The predicted octanol–water partition coefficient (Wildman–Crippen LogP) is 2.92. The number of primary amides is 1. The van der Waals surface area contributed by atoms with E-state index in [1.54, 1.807) is 18.2 Å². The van der Waals surface area contributed by atoms with E-state index in [-0.39, 0.29) is 11.2 Å². The van der Waals surface area contributed by atoms with Crippen LogP contribution in [0.1, 0.15) is 48.9 Å². The van der Waals surface area contributed by atoms with Gasteiger partial charge in [-0.2, -0.15) is 0 Å². The maximum absolute atomic E-state index is 11.4. The number of carbonyl (C=O) groups is 1. The molecule has 2 saturated carbocycles. The molecule has 2 heterocycles. The fraction of sp³-hybridized carbons (Fsp3) is 0.550. The van der Waals surface area contributed by atoms with Crippen LogP contribution in [0.2, 0.25) is 5.02 Å². The third kappa shape index (κ3) is 2.71. The molecule has 1 saturated heterocycles. The molecule has 0 atom stereocenters. The average molecular weight is 402 g/mol. The SMILES string of the molecule is Cn1c(-c2ccc(C(N)=O)cc2Cl)nnc1N1CC2(CCC2)OC2(CCC2)C1. The molecule has 0 unspecified atom stereocenters. The Bertz CT molecular complexity index is 926. The number of hydrogen-bond donors (Lipinski definition) is 1. The summed E-state index contributed by atoms with van der Waals surface area (Å²) in [6.45, 7) is 1.71. The highest BCUT2D eigenvalue weighted by Gasteiger charge is 2.54. The fourth-order valence-electron chi connectivity index (χ4n) is 4.76. The second-order valence-corrected chi connectivity index (χ2v) is 8.88. The van der Waals surface area contributed by atoms with Gasteiger partial charge in [0, 0.05) is 18.2 Å². The van der Waals surface area contributed by atoms with Gasteiger partial charge < -0.3 is 15.4 Å². The predicted molar refractivity (Wildman–Crippen MR) is 106 cm³/mol. The van der Waals surface area contributed by atoms with Crippen molar-refractivity contribution in [3.63, 3.8) is 0 Å². The van der Waals surface area contributed by atoms with Gasteiger partial charge in [0.15, 0.2) is 5.82 Å². The number of carbonyl (C=O) groups excluding carboxylic acids is 1. The number of nitrogens with zero attached hydrogens (tertiary/aromatic N) is 4. The van der Waals surface area contributed by atoms with Crippen LogP contribution in [0.5, 0.6) is 0 Å². The molecular weight excluding hydrogens is 378 g/mol. The summed E-state index contributed by atoms with van der Waals surface area (Å²) in [5.41, 5.74) is 6.41. The molecule has 0 bridgehead atoms. The first-order valence-electron chi connectivity index (χ1n) is 9.85. The van der Waals surface area contributed by atoms with Gasteiger partial charge in [0.25, 0.3) is 0 Å². The van der Waals surface area contributed by atoms with E-state index < -0.39 is 5.91 Å². The molecule has 2 spiro atoms. The van der Waals surface area contributed by atoms with Gasteiger partial charge in [-0.05, 0) is 56.7 Å². The lowest BCUT2D eigenvalue weighted by Crippen LogP contribution is -2.66. The second kappa shape index (κ2) is 6.19. The summed E-state index contributed by atoms with van der Waals surface area (Å²) in [6, 6.07) is 5.02. The van der Waals surface area contributed by atoms with E-state index in [2.05, 4.69) is 15.1 Å². The molecule has 0 radical (unpaired) electrons. The van der Waals surface area contributed by atoms with Crippen LogP contribution in [0.3, 0.4) is 0 Å². The Kier molecular flexibility index (Phi) is 3.97. The topological polar surface area (TPSA) is 86.3 Å². The van der Waals surface area contributed by atoms with Gasteiger partial charge in [-0.15, -0.1) is 10.2 Å². The normalized spacial score (nSPS) is 22.1. The monoisotopic (exact) mass is 401 g/mol. The number of hydrogen-bond acceptors (Lipinski definition) is 5. The van der Waals surface area contributed by atoms with Crippen molar-refractivity contribution in [1.29, 1.82) is 0 Å². The Labute approximate surface area is 168 Å². The summed E-state index contributed by atoms with van der Waals surface area (Å²) in [5.74, 6) is 1.01. The van der Waals surface area contributed by atoms with Crippen molar-refractivity contribution in [3.8, 4) is 11.4 Å². The molecule has 2 aliphatic carbocycles. The van der Waals surface area contributed by atoms with E-state index in [1.165, 1.54) is 12.8 Å². The van der Waals surface area contributed by atoms with Crippen molar-refractivity contribution < 1.29 is 9.53 Å². The first kappa shape index (κ1) is 17.9. The summed E-state index contributed by atoms with van der Waals surface area (Å²) >= 11 is 6.41. The molecule has 28 heavy (non-hydrogen) atoms. The van der Waals surface area contributed by atoms with Crippen LogP contribution < -0.4 is 10.6 Å². The fourth-order valence-corrected chi connectivity index (χ4v) is 5.03. The Hall–Kier alpha value is -2.12. The lowest BCUT2D eigenvalue weighted by molar-refractivity contribution is -0.229. The van der Waals surface area contributed by atoms with Gasteiger partial charge in [0.1, 0.15) is 0 Å². The molecule has 2 N–H and O–H groups in total. The number of anilines is 1. The van der Waals surface area contributed by atoms with Gasteiger partial charge in [-0.25, -0.2) is 0 Å². The maximum Gasteiger partial charge on any atom is 0.248 e. The minimum Gasteiger partial charge on any atom is -0.366 e. The quantitative estimate of drug-likeness (QED) is 0.854. The van der Waals surface area contributed by atoms with Crippen LogP contribution in [0.4, 0.5) is 5.95 Å². The van der Waals surface area contributed by atoms with Gasteiger partial charge in [0.05, 0.1) is 29.3 Å². The van der Waals surface area contributed by atoms with E-state index >= 15 is 0 Å². The zero-order valence-corrected chi connectivity index (χ0v) is 16.7. The molecule has 5 rings (SSSR count). The van der Waals surface area contributed by atoms with Gasteiger partial charge >= 0.3 is 0 Å². The number of ether oxygens (including phenoxy) is 1. The lowest BCUT2D eigenvalue weighted by atomic mass is 9.72. The highest BCUT2D eigenvalue weighted by atomic mass is 35.5. The van der Waals surface area contributed by atoms with Crippen molar-refractivity contribution in [2.45, 2.75) is 49.7 Å². The summed E-state index contributed by atoms with van der Waals surface area (Å²) in [4.78, 5) is 13.7. The molecule has 2 aromatic rings. The van der Waals surface area contributed by atoms with Crippen LogP contribution in [-0.2, 0) is 11.8 Å². The van der Waals surface area contributed by atoms with Crippen LogP contribution in [0.15, 0.2) is 18.2 Å². The zero-order valence-electron chi connectivity index (χ0n) is 15.9. The molecule has 1 aliphatic heterocycles. The Morgan fingerprint density at radius 1 is 1.14 bits per heavy atom. The number of aromatic nitrogens is 3. The first-order valence-corrected chi connectivity index (χ1v) is 10.2. The van der Waals surface area contributed by atoms with Crippen molar-refractivity contribution in [2.75, 3.05) is 18.0 Å². The van der Waals surface area contributed by atoms with E-state index in [0.29, 0.717) is 16.4 Å². The molecule has 1 aromatic carbocycles. The van der Waals surface area contributed by atoms with Crippen molar-refractivity contribution in [2.24, 2.45) is 12.8 Å². The number of rotatable bonds is 3. The number of nitrogens with two attached hydrogens (primary N) is 1. The lowest BCUT2D eigenvalue weighted by Gasteiger charge is -2.59. The number of benzene rings is 1. The van der Waals surface area contributed by atoms with E-state index in [4.69, 9.17) is 22.1 Å². The van der Waals surface area contributed by atoms with Crippen LogP contribution >= 0.6 is 11.6 Å². The Balaban J connectivity index is 1.48. The standard InChI is InChI=1S/C20H24ClN5O2/c1-25-17(14-5-4-13(16(22)27)10-15(14)21)23-24-18(25)26-11-19(6-2-7-19)28-20(12-26)8-3-9-20/h4-5,10H,2-3,6-9,11-12H2,1H3,(H2,22,27).